The SMILES string of the molecule is COc1cc(/C=C/C(=O)Nc2nnc(SCC(=O)Nc3ccc(OC(F)(F)F)cc3)s2)cc(OC)c1OC. The van der Waals surface area contributed by atoms with Crippen LogP contribution in [0.5, 0.6) is 23.0 Å². The molecule has 3 aromatic rings. The number of carbonyl (C=O) groups excluding carboxylic acids is 2. The first-order valence-electron chi connectivity index (χ1n) is 10.5. The van der Waals surface area contributed by atoms with E-state index < -0.39 is 23.9 Å². The molecule has 2 N–H and O–H groups in total. The second-order valence-corrected chi connectivity index (χ2v) is 9.26. The number of rotatable bonds is 11. The van der Waals surface area contributed by atoms with E-state index in [0.717, 1.165) is 35.2 Å². The number of thioether (sulfide) groups is 1. The maximum Gasteiger partial charge on any atom is 0.573 e. The van der Waals surface area contributed by atoms with E-state index in [0.29, 0.717) is 32.8 Å². The summed E-state index contributed by atoms with van der Waals surface area (Å²) in [4.78, 5) is 24.5. The lowest BCUT2D eigenvalue weighted by molar-refractivity contribution is -0.274. The third-order valence-corrected chi connectivity index (χ3v) is 6.42. The predicted octanol–water partition coefficient (Wildman–Crippen LogP) is 4.85. The lowest BCUT2D eigenvalue weighted by atomic mass is 10.1. The highest BCUT2D eigenvalue weighted by Crippen LogP contribution is 2.38. The molecule has 2 aromatic carbocycles. The van der Waals surface area contributed by atoms with Crippen LogP contribution in [0.1, 0.15) is 5.56 Å². The summed E-state index contributed by atoms with van der Waals surface area (Å²) in [6.45, 7) is 0. The van der Waals surface area contributed by atoms with Crippen LogP contribution in [0.2, 0.25) is 0 Å². The van der Waals surface area contributed by atoms with Crippen molar-refractivity contribution in [3.63, 3.8) is 0 Å². The lowest BCUT2D eigenvalue weighted by Crippen LogP contribution is -2.17. The molecular formula is C23H21F3N4O6S2. The van der Waals surface area contributed by atoms with Crippen LogP contribution in [0.3, 0.4) is 0 Å². The van der Waals surface area contributed by atoms with Gasteiger partial charge in [0.15, 0.2) is 15.8 Å². The van der Waals surface area contributed by atoms with Gasteiger partial charge >= 0.3 is 6.36 Å². The van der Waals surface area contributed by atoms with Crippen molar-refractivity contribution in [2.75, 3.05) is 37.7 Å². The Morgan fingerprint density at radius 2 is 1.66 bits per heavy atom. The summed E-state index contributed by atoms with van der Waals surface area (Å²) in [5.41, 5.74) is 0.936. The van der Waals surface area contributed by atoms with Gasteiger partial charge in [-0.05, 0) is 48.0 Å². The zero-order chi connectivity index (χ0) is 27.7. The highest BCUT2D eigenvalue weighted by molar-refractivity contribution is 8.01. The fourth-order valence-corrected chi connectivity index (χ4v) is 4.45. The number of benzene rings is 2. The van der Waals surface area contributed by atoms with Gasteiger partial charge in [0.25, 0.3) is 0 Å². The van der Waals surface area contributed by atoms with E-state index in [4.69, 9.17) is 14.2 Å². The molecule has 0 saturated heterocycles. The van der Waals surface area contributed by atoms with E-state index >= 15 is 0 Å². The van der Waals surface area contributed by atoms with Crippen LogP contribution in [0.25, 0.3) is 6.08 Å². The Balaban J connectivity index is 1.50. The van der Waals surface area contributed by atoms with Crippen LogP contribution in [-0.2, 0) is 9.59 Å². The number of nitrogens with one attached hydrogen (secondary N) is 2. The van der Waals surface area contributed by atoms with Crippen molar-refractivity contribution < 1.29 is 41.7 Å². The van der Waals surface area contributed by atoms with E-state index in [1.54, 1.807) is 18.2 Å². The molecule has 15 heteroatoms. The number of hydrogen-bond donors (Lipinski definition) is 2. The molecule has 38 heavy (non-hydrogen) atoms. The van der Waals surface area contributed by atoms with E-state index in [1.165, 1.54) is 39.5 Å². The number of halogens is 3. The van der Waals surface area contributed by atoms with Gasteiger partial charge in [-0.2, -0.15) is 0 Å². The van der Waals surface area contributed by atoms with Crippen LogP contribution >= 0.6 is 23.1 Å². The number of carbonyl (C=O) groups is 2. The Bertz CT molecular complexity index is 1270. The van der Waals surface area contributed by atoms with Gasteiger partial charge in [-0.25, -0.2) is 0 Å². The zero-order valence-electron chi connectivity index (χ0n) is 20.1. The number of nitrogens with zero attached hydrogens (tertiary/aromatic N) is 2. The number of anilines is 2. The van der Waals surface area contributed by atoms with Crippen LogP contribution in [0.15, 0.2) is 46.8 Å². The Kier molecular flexibility index (Phi) is 9.78. The van der Waals surface area contributed by atoms with Gasteiger partial charge in [0.2, 0.25) is 22.7 Å². The van der Waals surface area contributed by atoms with Gasteiger partial charge in [-0.15, -0.1) is 23.4 Å². The molecule has 0 atom stereocenters. The summed E-state index contributed by atoms with van der Waals surface area (Å²) in [5.74, 6) is 0.00750. The molecule has 0 bridgehead atoms. The molecule has 2 amide bonds. The molecule has 0 saturated carbocycles. The van der Waals surface area contributed by atoms with Gasteiger partial charge in [0, 0.05) is 11.8 Å². The quantitative estimate of drug-likeness (QED) is 0.189. The molecule has 0 aliphatic heterocycles. The predicted molar refractivity (Wildman–Crippen MR) is 136 cm³/mol. The normalized spacial score (nSPS) is 11.2. The molecule has 0 unspecified atom stereocenters. The average Bonchev–Trinajstić information content (AvgIpc) is 3.32. The molecule has 202 valence electrons. The van der Waals surface area contributed by atoms with Gasteiger partial charge in [0.1, 0.15) is 5.75 Å². The van der Waals surface area contributed by atoms with Crippen molar-refractivity contribution in [1.29, 1.82) is 0 Å². The van der Waals surface area contributed by atoms with E-state index in [1.807, 2.05) is 0 Å². The van der Waals surface area contributed by atoms with Crippen molar-refractivity contribution in [3.8, 4) is 23.0 Å². The molecule has 0 aliphatic rings. The summed E-state index contributed by atoms with van der Waals surface area (Å²) in [6.07, 6.45) is -1.94. The maximum absolute atomic E-state index is 12.3. The summed E-state index contributed by atoms with van der Waals surface area (Å²) in [7, 11) is 4.46. The number of methoxy groups -OCH3 is 3. The first-order valence-corrected chi connectivity index (χ1v) is 12.3. The second-order valence-electron chi connectivity index (χ2n) is 7.06. The smallest absolute Gasteiger partial charge is 0.493 e. The van der Waals surface area contributed by atoms with E-state index in [2.05, 4.69) is 25.6 Å². The fraction of sp³-hybridized carbons (Fsp3) is 0.217. The highest BCUT2D eigenvalue weighted by atomic mass is 32.2. The first kappa shape index (κ1) is 28.6. The summed E-state index contributed by atoms with van der Waals surface area (Å²) in [6, 6.07) is 8.11. The second kappa shape index (κ2) is 13.0. The molecule has 3 rings (SSSR count). The summed E-state index contributed by atoms with van der Waals surface area (Å²) < 4.78 is 56.7. The minimum atomic E-state index is -4.80. The summed E-state index contributed by atoms with van der Waals surface area (Å²) >= 11 is 2.15. The van der Waals surface area contributed by atoms with Crippen molar-refractivity contribution in [1.82, 2.24) is 10.2 Å². The third kappa shape index (κ3) is 8.55. The van der Waals surface area contributed by atoms with Crippen LogP contribution in [0.4, 0.5) is 24.0 Å². The molecule has 10 nitrogen and oxygen atoms in total. The maximum atomic E-state index is 12.3. The molecule has 1 heterocycles. The first-order chi connectivity index (χ1) is 18.1. The topological polar surface area (TPSA) is 121 Å². The Morgan fingerprint density at radius 3 is 2.24 bits per heavy atom. The van der Waals surface area contributed by atoms with Crippen molar-refractivity contribution in [2.45, 2.75) is 10.7 Å². The van der Waals surface area contributed by atoms with Crippen molar-refractivity contribution in [3.05, 3.63) is 48.0 Å². The van der Waals surface area contributed by atoms with Gasteiger partial charge in [-0.3, -0.25) is 14.9 Å². The fourth-order valence-electron chi connectivity index (χ4n) is 2.90. The summed E-state index contributed by atoms with van der Waals surface area (Å²) in [5, 5.41) is 13.2. The van der Waals surface area contributed by atoms with Gasteiger partial charge in [-0.1, -0.05) is 23.1 Å². The minimum absolute atomic E-state index is 0.0373. The van der Waals surface area contributed by atoms with Crippen LogP contribution in [0, 0.1) is 0 Å². The molecule has 0 aliphatic carbocycles. The Hall–Kier alpha value is -3.98. The number of aromatic nitrogens is 2. The van der Waals surface area contributed by atoms with Crippen LogP contribution < -0.4 is 29.6 Å². The molecule has 1 aromatic heterocycles. The van der Waals surface area contributed by atoms with E-state index in [9.17, 15) is 22.8 Å². The Labute approximate surface area is 223 Å². The third-order valence-electron chi connectivity index (χ3n) is 4.45. The molecule has 0 fully saturated rings. The number of hydrogen-bond acceptors (Lipinski definition) is 10. The van der Waals surface area contributed by atoms with Gasteiger partial charge in [0.05, 0.1) is 27.1 Å². The molecular weight excluding hydrogens is 549 g/mol. The number of ether oxygens (including phenoxy) is 4. The number of alkyl halides is 3. The van der Waals surface area contributed by atoms with Crippen molar-refractivity contribution >= 4 is 51.8 Å². The van der Waals surface area contributed by atoms with Crippen LogP contribution in [-0.4, -0.2) is 55.5 Å². The standard InChI is InChI=1S/C23H21F3N4O6S2/c1-33-16-10-13(11-17(34-2)20(16)35-3)4-9-18(31)28-21-29-30-22(38-21)37-12-19(32)27-14-5-7-15(8-6-14)36-23(24,25)26/h4-11H,12H2,1-3H3,(H,27,32)(H,28,29,31)/b9-4+. The average molecular weight is 571 g/mol. The van der Waals surface area contributed by atoms with Gasteiger partial charge < -0.3 is 24.3 Å². The molecule has 0 radical (unpaired) electrons. The van der Waals surface area contributed by atoms with E-state index in [-0.39, 0.29) is 10.9 Å². The highest BCUT2D eigenvalue weighted by Gasteiger charge is 2.31. The van der Waals surface area contributed by atoms with Crippen molar-refractivity contribution in [2.24, 2.45) is 0 Å². The largest absolute Gasteiger partial charge is 0.573 e. The minimum Gasteiger partial charge on any atom is -0.493 e. The number of amides is 2. The Morgan fingerprint density at radius 1 is 1.00 bits per heavy atom. The zero-order valence-corrected chi connectivity index (χ0v) is 21.8. The monoisotopic (exact) mass is 570 g/mol. The lowest BCUT2D eigenvalue weighted by Gasteiger charge is -2.12. The molecule has 0 spiro atoms.